The SMILES string of the molecule is CC1NC(=O)C(=O)N1C(=O)OC(C)(C)C. The summed E-state index contributed by atoms with van der Waals surface area (Å²) in [5.74, 6) is -1.66. The third-order valence-corrected chi connectivity index (χ3v) is 1.73. The van der Waals surface area contributed by atoms with Crippen molar-refractivity contribution in [1.82, 2.24) is 10.2 Å². The van der Waals surface area contributed by atoms with Gasteiger partial charge in [-0.05, 0) is 27.7 Å². The van der Waals surface area contributed by atoms with Crippen molar-refractivity contribution in [2.45, 2.75) is 39.5 Å². The summed E-state index contributed by atoms with van der Waals surface area (Å²) in [6, 6.07) is 0. The molecule has 3 amide bonds. The van der Waals surface area contributed by atoms with Crippen LogP contribution in [0, 0.1) is 0 Å². The van der Waals surface area contributed by atoms with E-state index in [0.717, 1.165) is 4.90 Å². The minimum atomic E-state index is -0.878. The number of carbonyl (C=O) groups is 3. The van der Waals surface area contributed by atoms with Crippen molar-refractivity contribution in [2.75, 3.05) is 0 Å². The van der Waals surface area contributed by atoms with Gasteiger partial charge in [0.1, 0.15) is 11.8 Å². The highest BCUT2D eigenvalue weighted by Gasteiger charge is 2.41. The number of ether oxygens (including phenoxy) is 1. The van der Waals surface area contributed by atoms with Crippen molar-refractivity contribution >= 4 is 17.9 Å². The Labute approximate surface area is 87.6 Å². The average Bonchev–Trinajstić information content (AvgIpc) is 2.22. The van der Waals surface area contributed by atoms with Crippen molar-refractivity contribution in [3.63, 3.8) is 0 Å². The van der Waals surface area contributed by atoms with Gasteiger partial charge in [0, 0.05) is 0 Å². The molecule has 1 aliphatic rings. The Bertz CT molecular complexity index is 319. The van der Waals surface area contributed by atoms with E-state index in [2.05, 4.69) is 5.32 Å². The first-order valence-electron chi connectivity index (χ1n) is 4.59. The van der Waals surface area contributed by atoms with Crippen LogP contribution in [0.1, 0.15) is 27.7 Å². The normalized spacial score (nSPS) is 21.6. The lowest BCUT2D eigenvalue weighted by molar-refractivity contribution is -0.140. The van der Waals surface area contributed by atoms with Gasteiger partial charge in [-0.2, -0.15) is 0 Å². The first kappa shape index (κ1) is 11.5. The topological polar surface area (TPSA) is 75.7 Å². The van der Waals surface area contributed by atoms with Crippen molar-refractivity contribution in [2.24, 2.45) is 0 Å². The molecule has 84 valence electrons. The van der Waals surface area contributed by atoms with Crippen LogP contribution in [0.3, 0.4) is 0 Å². The van der Waals surface area contributed by atoms with E-state index < -0.39 is 29.7 Å². The summed E-state index contributed by atoms with van der Waals surface area (Å²) in [7, 11) is 0. The van der Waals surface area contributed by atoms with Crippen LogP contribution < -0.4 is 5.32 Å². The van der Waals surface area contributed by atoms with E-state index in [0.29, 0.717) is 0 Å². The molecule has 0 aliphatic carbocycles. The van der Waals surface area contributed by atoms with Gasteiger partial charge < -0.3 is 10.1 Å². The Morgan fingerprint density at radius 1 is 1.40 bits per heavy atom. The third-order valence-electron chi connectivity index (χ3n) is 1.73. The zero-order valence-corrected chi connectivity index (χ0v) is 9.16. The van der Waals surface area contributed by atoms with Crippen molar-refractivity contribution in [3.8, 4) is 0 Å². The molecule has 1 saturated heterocycles. The maximum absolute atomic E-state index is 11.5. The molecule has 0 aromatic rings. The molecule has 0 radical (unpaired) electrons. The van der Waals surface area contributed by atoms with E-state index in [1.165, 1.54) is 6.92 Å². The first-order chi connectivity index (χ1) is 6.72. The fraction of sp³-hybridized carbons (Fsp3) is 0.667. The summed E-state index contributed by atoms with van der Waals surface area (Å²) < 4.78 is 4.98. The molecular formula is C9H14N2O4. The molecule has 0 bridgehead atoms. The maximum atomic E-state index is 11.5. The van der Waals surface area contributed by atoms with Crippen LogP contribution in [0.2, 0.25) is 0 Å². The van der Waals surface area contributed by atoms with Crippen LogP contribution in [0.15, 0.2) is 0 Å². The van der Waals surface area contributed by atoms with E-state index in [9.17, 15) is 14.4 Å². The van der Waals surface area contributed by atoms with E-state index in [4.69, 9.17) is 4.74 Å². The fourth-order valence-electron chi connectivity index (χ4n) is 1.15. The molecule has 0 spiro atoms. The summed E-state index contributed by atoms with van der Waals surface area (Å²) in [5, 5.41) is 2.32. The summed E-state index contributed by atoms with van der Waals surface area (Å²) >= 11 is 0. The molecule has 1 unspecified atom stereocenters. The Kier molecular flexibility index (Phi) is 2.70. The van der Waals surface area contributed by atoms with E-state index in [1.54, 1.807) is 20.8 Å². The number of nitrogens with one attached hydrogen (secondary N) is 1. The van der Waals surface area contributed by atoms with E-state index >= 15 is 0 Å². The predicted molar refractivity (Wildman–Crippen MR) is 50.7 cm³/mol. The van der Waals surface area contributed by atoms with Gasteiger partial charge in [-0.15, -0.1) is 0 Å². The summed E-state index contributed by atoms with van der Waals surface area (Å²) in [6.07, 6.45) is -1.46. The molecular weight excluding hydrogens is 200 g/mol. The van der Waals surface area contributed by atoms with Gasteiger partial charge >= 0.3 is 17.9 Å². The smallest absolute Gasteiger partial charge is 0.419 e. The summed E-state index contributed by atoms with van der Waals surface area (Å²) in [6.45, 7) is 6.59. The third kappa shape index (κ3) is 2.45. The molecule has 1 rings (SSSR count). The number of nitrogens with zero attached hydrogens (tertiary/aromatic N) is 1. The first-order valence-corrected chi connectivity index (χ1v) is 4.59. The molecule has 6 heteroatoms. The predicted octanol–water partition coefficient (Wildman–Crippen LogP) is 0.226. The van der Waals surface area contributed by atoms with Crippen molar-refractivity contribution < 1.29 is 19.1 Å². The molecule has 1 heterocycles. The Balaban J connectivity index is 2.76. The zero-order valence-electron chi connectivity index (χ0n) is 9.16. The minimum absolute atomic E-state index is 0.653. The van der Waals surface area contributed by atoms with Gasteiger partial charge in [-0.1, -0.05) is 0 Å². The quantitative estimate of drug-likeness (QED) is 0.585. The molecule has 6 nitrogen and oxygen atoms in total. The number of hydrogen-bond donors (Lipinski definition) is 1. The summed E-state index contributed by atoms with van der Waals surface area (Å²) in [4.78, 5) is 34.5. The van der Waals surface area contributed by atoms with E-state index in [-0.39, 0.29) is 0 Å². The number of imide groups is 1. The molecule has 0 aromatic carbocycles. The summed E-state index contributed by atoms with van der Waals surface area (Å²) in [5.41, 5.74) is -0.692. The van der Waals surface area contributed by atoms with Crippen LogP contribution in [0.25, 0.3) is 0 Å². The second-order valence-corrected chi connectivity index (χ2v) is 4.30. The lowest BCUT2D eigenvalue weighted by Crippen LogP contribution is -2.43. The monoisotopic (exact) mass is 214 g/mol. The molecule has 0 aromatic heterocycles. The molecule has 1 fully saturated rings. The molecule has 1 N–H and O–H groups in total. The van der Waals surface area contributed by atoms with Crippen molar-refractivity contribution in [1.29, 1.82) is 0 Å². The largest absolute Gasteiger partial charge is 0.443 e. The molecule has 1 atom stereocenters. The lowest BCUT2D eigenvalue weighted by atomic mass is 10.2. The molecule has 1 aliphatic heterocycles. The number of rotatable bonds is 0. The van der Waals surface area contributed by atoms with E-state index in [1.807, 2.05) is 0 Å². The maximum Gasteiger partial charge on any atom is 0.419 e. The van der Waals surface area contributed by atoms with Gasteiger partial charge in [0.2, 0.25) is 0 Å². The van der Waals surface area contributed by atoms with Gasteiger partial charge in [0.25, 0.3) is 0 Å². The van der Waals surface area contributed by atoms with Gasteiger partial charge in [-0.3, -0.25) is 9.59 Å². The second-order valence-electron chi connectivity index (χ2n) is 4.30. The molecule has 0 saturated carbocycles. The minimum Gasteiger partial charge on any atom is -0.443 e. The van der Waals surface area contributed by atoms with Crippen LogP contribution >= 0.6 is 0 Å². The van der Waals surface area contributed by atoms with Gasteiger partial charge in [-0.25, -0.2) is 9.69 Å². The number of amides is 3. The second kappa shape index (κ2) is 3.52. The lowest BCUT2D eigenvalue weighted by Gasteiger charge is -2.24. The van der Waals surface area contributed by atoms with Gasteiger partial charge in [0.05, 0.1) is 0 Å². The van der Waals surface area contributed by atoms with Crippen LogP contribution in [0.4, 0.5) is 4.79 Å². The van der Waals surface area contributed by atoms with Crippen LogP contribution in [-0.4, -0.2) is 34.6 Å². The average molecular weight is 214 g/mol. The highest BCUT2D eigenvalue weighted by atomic mass is 16.6. The highest BCUT2D eigenvalue weighted by molar-refractivity contribution is 6.39. The Morgan fingerprint density at radius 2 is 1.93 bits per heavy atom. The zero-order chi connectivity index (χ0) is 11.8. The number of hydrogen-bond acceptors (Lipinski definition) is 4. The fourth-order valence-corrected chi connectivity index (χ4v) is 1.15. The van der Waals surface area contributed by atoms with Gasteiger partial charge in [0.15, 0.2) is 0 Å². The Hall–Kier alpha value is -1.59. The van der Waals surface area contributed by atoms with Crippen molar-refractivity contribution in [3.05, 3.63) is 0 Å². The standard InChI is InChI=1S/C9H14N2O4/c1-5-10-6(12)7(13)11(5)8(14)15-9(2,3)4/h5H,1-4H3,(H,10,12). The Morgan fingerprint density at radius 3 is 2.27 bits per heavy atom. The van der Waals surface area contributed by atoms with Crippen LogP contribution in [0.5, 0.6) is 0 Å². The highest BCUT2D eigenvalue weighted by Crippen LogP contribution is 2.14. The number of carbonyl (C=O) groups excluding carboxylic acids is 3. The molecule has 15 heavy (non-hydrogen) atoms. The van der Waals surface area contributed by atoms with Crippen LogP contribution in [-0.2, 0) is 14.3 Å².